The first-order chi connectivity index (χ1) is 17.2. The molecule has 0 aromatic carbocycles. The van der Waals surface area contributed by atoms with Gasteiger partial charge in [0, 0.05) is 24.7 Å². The normalized spacial score (nSPS) is 31.4. The van der Waals surface area contributed by atoms with Crippen molar-refractivity contribution in [3.63, 3.8) is 0 Å². The van der Waals surface area contributed by atoms with Gasteiger partial charge in [0.2, 0.25) is 0 Å². The highest BCUT2D eigenvalue weighted by molar-refractivity contribution is 5.82. The number of aromatic nitrogens is 4. The number of carbonyl (C=O) groups is 1. The van der Waals surface area contributed by atoms with Crippen LogP contribution in [0.3, 0.4) is 0 Å². The van der Waals surface area contributed by atoms with E-state index in [1.807, 2.05) is 31.4 Å². The number of nitrogen functional groups attached to an aromatic ring is 1. The van der Waals surface area contributed by atoms with E-state index in [1.54, 1.807) is 12.4 Å². The summed E-state index contributed by atoms with van der Waals surface area (Å²) < 4.78 is 26.1. The molecule has 0 radical (unpaired) electrons. The number of nitrogens with zero attached hydrogens (tertiary/aromatic N) is 5. The Hall–Kier alpha value is -2.60. The van der Waals surface area contributed by atoms with Gasteiger partial charge in [-0.25, -0.2) is 19.7 Å². The van der Waals surface area contributed by atoms with Crippen molar-refractivity contribution in [3.05, 3.63) is 24.8 Å². The van der Waals surface area contributed by atoms with Gasteiger partial charge in [-0.15, -0.1) is 0 Å². The van der Waals surface area contributed by atoms with Crippen molar-refractivity contribution in [2.45, 2.75) is 89.9 Å². The lowest BCUT2D eigenvalue weighted by atomic mass is 9.78. The fourth-order valence-electron chi connectivity index (χ4n) is 5.54. The van der Waals surface area contributed by atoms with Crippen LogP contribution in [-0.2, 0) is 23.7 Å². The number of rotatable bonds is 8. The fourth-order valence-corrected chi connectivity index (χ4v) is 5.54. The third-order valence-electron chi connectivity index (χ3n) is 7.25. The van der Waals surface area contributed by atoms with Crippen molar-refractivity contribution in [1.29, 1.82) is 0 Å². The number of hydrogen-bond donors (Lipinski definition) is 1. The van der Waals surface area contributed by atoms with Gasteiger partial charge in [0.05, 0.1) is 12.9 Å². The average molecular weight is 501 g/mol. The highest BCUT2D eigenvalue weighted by Crippen LogP contribution is 2.45. The van der Waals surface area contributed by atoms with Gasteiger partial charge in [-0.1, -0.05) is 6.08 Å². The molecule has 0 unspecified atom stereocenters. The summed E-state index contributed by atoms with van der Waals surface area (Å²) in [5.41, 5.74) is 7.15. The van der Waals surface area contributed by atoms with Crippen LogP contribution in [0.5, 0.6) is 0 Å². The predicted molar refractivity (Wildman–Crippen MR) is 132 cm³/mol. The Balaban J connectivity index is 1.31. The van der Waals surface area contributed by atoms with Crippen LogP contribution >= 0.6 is 0 Å². The number of hydrogen-bond acceptors (Lipinski definition) is 10. The zero-order valence-electron chi connectivity index (χ0n) is 21.5. The molecule has 4 heterocycles. The zero-order chi connectivity index (χ0) is 25.6. The van der Waals surface area contributed by atoms with Gasteiger partial charge in [0.1, 0.15) is 30.2 Å². The van der Waals surface area contributed by atoms with Crippen LogP contribution in [0.2, 0.25) is 0 Å². The van der Waals surface area contributed by atoms with E-state index in [0.717, 1.165) is 12.8 Å². The van der Waals surface area contributed by atoms with Crippen molar-refractivity contribution < 1.29 is 23.7 Å². The minimum absolute atomic E-state index is 0.199. The Bertz CT molecular complexity index is 1130. The number of imidazole rings is 1. The molecular formula is C25H36N6O5. The number of esters is 1. The van der Waals surface area contributed by atoms with Gasteiger partial charge >= 0.3 is 5.97 Å². The quantitative estimate of drug-likeness (QED) is 0.426. The van der Waals surface area contributed by atoms with Crippen molar-refractivity contribution >= 4 is 23.0 Å². The van der Waals surface area contributed by atoms with Crippen LogP contribution in [0.25, 0.3) is 11.2 Å². The maximum absolute atomic E-state index is 11.6. The zero-order valence-corrected chi connectivity index (χ0v) is 21.5. The van der Waals surface area contributed by atoms with Crippen LogP contribution in [0.4, 0.5) is 5.82 Å². The second-order valence-electron chi connectivity index (χ2n) is 10.5. The van der Waals surface area contributed by atoms with Crippen LogP contribution in [0.15, 0.2) is 24.8 Å². The molecule has 2 N–H and O–H groups in total. The lowest BCUT2D eigenvalue weighted by Gasteiger charge is -2.45. The highest BCUT2D eigenvalue weighted by Gasteiger charge is 2.56. The van der Waals surface area contributed by atoms with E-state index in [2.05, 4.69) is 33.7 Å². The average Bonchev–Trinajstić information content (AvgIpc) is 3.43. The Morgan fingerprint density at radius 2 is 2.03 bits per heavy atom. The number of nitrogens with two attached hydrogens (primary N) is 1. The minimum Gasteiger partial charge on any atom is -0.463 e. The summed E-state index contributed by atoms with van der Waals surface area (Å²) in [6.07, 6.45) is 7.42. The number of carbonyl (C=O) groups excluding carboxylic acids is 1. The van der Waals surface area contributed by atoms with Gasteiger partial charge < -0.3 is 24.7 Å². The molecule has 11 heteroatoms. The topological polar surface area (TPSA) is 127 Å². The Morgan fingerprint density at radius 1 is 1.28 bits per heavy atom. The smallest absolute Gasteiger partial charge is 0.330 e. The largest absolute Gasteiger partial charge is 0.463 e. The molecule has 1 saturated carbocycles. The molecule has 4 atom stereocenters. The molecule has 2 aromatic heterocycles. The van der Waals surface area contributed by atoms with Gasteiger partial charge in [-0.05, 0) is 53.4 Å². The van der Waals surface area contributed by atoms with Crippen LogP contribution in [0, 0.1) is 5.92 Å². The summed E-state index contributed by atoms with van der Waals surface area (Å²) in [6.45, 7) is 11.2. The second-order valence-corrected chi connectivity index (χ2v) is 10.5. The van der Waals surface area contributed by atoms with Crippen molar-refractivity contribution in [3.8, 4) is 0 Å². The van der Waals surface area contributed by atoms with E-state index in [4.69, 9.17) is 24.7 Å². The van der Waals surface area contributed by atoms with Crippen molar-refractivity contribution in [1.82, 2.24) is 24.4 Å². The molecule has 0 bridgehead atoms. The Morgan fingerprint density at radius 3 is 2.75 bits per heavy atom. The first kappa shape index (κ1) is 25.1. The number of fused-ring (bicyclic) bond motifs is 2. The van der Waals surface area contributed by atoms with E-state index >= 15 is 0 Å². The van der Waals surface area contributed by atoms with Crippen LogP contribution in [0.1, 0.15) is 53.7 Å². The summed E-state index contributed by atoms with van der Waals surface area (Å²) in [5, 5.41) is 0. The molecular weight excluding hydrogens is 464 g/mol. The van der Waals surface area contributed by atoms with E-state index in [9.17, 15) is 4.79 Å². The summed E-state index contributed by atoms with van der Waals surface area (Å²) >= 11 is 0. The molecule has 2 aromatic rings. The van der Waals surface area contributed by atoms with E-state index in [1.165, 1.54) is 6.33 Å². The maximum atomic E-state index is 11.6. The van der Waals surface area contributed by atoms with E-state index < -0.39 is 12.0 Å². The van der Waals surface area contributed by atoms with Crippen molar-refractivity contribution in [2.75, 3.05) is 18.9 Å². The van der Waals surface area contributed by atoms with Crippen LogP contribution in [-0.4, -0.2) is 79.7 Å². The standard InChI is InChI=1S/C25H36N6O5/c1-6-33-18(32)8-7-15-9-16(10-15)30(14(2)3)11-17-20-21(36-25(4,5)35-20)24(34-17)31-13-29-19-22(26)27-12-28-23(19)31/h7-8,12-17,20-21,24H,6,9-11H2,1-5H3,(H2,26,27,28)/b8-7+/t15-,16+,17-,20-,21-,24-/m1/s1. The first-order valence-electron chi connectivity index (χ1n) is 12.7. The van der Waals surface area contributed by atoms with Gasteiger partial charge in [-0.2, -0.15) is 0 Å². The maximum Gasteiger partial charge on any atom is 0.330 e. The molecule has 11 nitrogen and oxygen atoms in total. The third kappa shape index (κ3) is 4.72. The fraction of sp³-hybridized carbons (Fsp3) is 0.680. The molecule has 3 fully saturated rings. The molecule has 36 heavy (non-hydrogen) atoms. The molecule has 3 aliphatic rings. The predicted octanol–water partition coefficient (Wildman–Crippen LogP) is 2.43. The summed E-state index contributed by atoms with van der Waals surface area (Å²) in [5.74, 6) is -0.296. The lowest BCUT2D eigenvalue weighted by Crippen LogP contribution is -2.52. The highest BCUT2D eigenvalue weighted by atomic mass is 16.8. The molecule has 0 spiro atoms. The van der Waals surface area contributed by atoms with Gasteiger partial charge in [0.25, 0.3) is 0 Å². The SMILES string of the molecule is CCOC(=O)/C=C/[C@H]1C[C@@H](N(C[C@H]2O[C@@H](n3cnc4c(N)ncnc43)[C@@H]3OC(C)(C)O[C@@H]32)C(C)C)C1. The van der Waals surface area contributed by atoms with Gasteiger partial charge in [-0.3, -0.25) is 9.47 Å². The molecule has 196 valence electrons. The molecule has 1 aliphatic carbocycles. The number of anilines is 1. The monoisotopic (exact) mass is 500 g/mol. The number of allylic oxidation sites excluding steroid dienone is 1. The Labute approximate surface area is 210 Å². The van der Waals surface area contributed by atoms with E-state index in [0.29, 0.717) is 48.1 Å². The third-order valence-corrected chi connectivity index (χ3v) is 7.25. The second kappa shape index (κ2) is 9.70. The van der Waals surface area contributed by atoms with Crippen molar-refractivity contribution in [2.24, 2.45) is 5.92 Å². The lowest BCUT2D eigenvalue weighted by molar-refractivity contribution is -0.199. The molecule has 0 amide bonds. The first-order valence-corrected chi connectivity index (χ1v) is 12.7. The van der Waals surface area contributed by atoms with Crippen LogP contribution < -0.4 is 5.73 Å². The molecule has 2 aliphatic heterocycles. The Kier molecular flexibility index (Phi) is 6.75. The summed E-state index contributed by atoms with van der Waals surface area (Å²) in [7, 11) is 0. The number of ether oxygens (including phenoxy) is 4. The summed E-state index contributed by atoms with van der Waals surface area (Å²) in [4.78, 5) is 27.0. The van der Waals surface area contributed by atoms with Gasteiger partial charge in [0.15, 0.2) is 23.5 Å². The van der Waals surface area contributed by atoms with E-state index in [-0.39, 0.29) is 24.3 Å². The molecule has 5 rings (SSSR count). The molecule has 2 saturated heterocycles. The minimum atomic E-state index is -0.720. The summed E-state index contributed by atoms with van der Waals surface area (Å²) in [6, 6.07) is 0.725.